The lowest BCUT2D eigenvalue weighted by Crippen LogP contribution is -2.30. The lowest BCUT2D eigenvalue weighted by Gasteiger charge is -2.17. The zero-order chi connectivity index (χ0) is 16.8. The van der Waals surface area contributed by atoms with Crippen LogP contribution in [0, 0.1) is 5.82 Å². The molecule has 1 fully saturated rings. The Bertz CT molecular complexity index is 917. The average Bonchev–Trinajstić information content (AvgIpc) is 2.73. The summed E-state index contributed by atoms with van der Waals surface area (Å²) in [6.07, 6.45) is 1.24. The van der Waals surface area contributed by atoms with E-state index in [1.807, 2.05) is 0 Å². The SMILES string of the molecule is CCOc1ncc2cc(O)c(N3CC(=O)NS3(=O)=O)c(F)c2n1. The first-order valence-corrected chi connectivity index (χ1v) is 7.92. The standard InChI is InChI=1S/C12H11FN4O5S/c1-2-22-12-14-4-6-3-7(18)11(9(13)10(6)15-12)17-5-8(19)16-23(17,20)21/h3-4,18H,2,5H2,1H3,(H,16,19). The second-order valence-electron chi connectivity index (χ2n) is 4.62. The Kier molecular flexibility index (Phi) is 3.43. The number of carbonyl (C=O) groups excluding carboxylic acids is 1. The molecule has 0 unspecified atom stereocenters. The maximum absolute atomic E-state index is 14.7. The first kappa shape index (κ1) is 15.2. The molecule has 0 atom stereocenters. The number of ether oxygens (including phenoxy) is 1. The Morgan fingerprint density at radius 2 is 2.26 bits per heavy atom. The lowest BCUT2D eigenvalue weighted by molar-refractivity contribution is -0.117. The highest BCUT2D eigenvalue weighted by Crippen LogP contribution is 2.37. The molecule has 1 aliphatic heterocycles. The first-order chi connectivity index (χ1) is 10.8. The molecule has 0 aliphatic carbocycles. The van der Waals surface area contributed by atoms with Crippen LogP contribution in [0.25, 0.3) is 10.9 Å². The maximum Gasteiger partial charge on any atom is 0.326 e. The van der Waals surface area contributed by atoms with Crippen LogP contribution in [-0.2, 0) is 15.0 Å². The van der Waals surface area contributed by atoms with E-state index in [-0.39, 0.29) is 23.5 Å². The fourth-order valence-electron chi connectivity index (χ4n) is 2.18. The van der Waals surface area contributed by atoms with Gasteiger partial charge in [0.05, 0.1) is 6.61 Å². The first-order valence-electron chi connectivity index (χ1n) is 6.48. The zero-order valence-corrected chi connectivity index (χ0v) is 12.6. The Labute approximate surface area is 129 Å². The normalized spacial score (nSPS) is 16.6. The van der Waals surface area contributed by atoms with E-state index in [0.717, 1.165) is 6.07 Å². The molecule has 0 saturated carbocycles. The van der Waals surface area contributed by atoms with Gasteiger partial charge >= 0.3 is 16.2 Å². The van der Waals surface area contributed by atoms with Gasteiger partial charge in [-0.3, -0.25) is 4.79 Å². The summed E-state index contributed by atoms with van der Waals surface area (Å²) in [5.41, 5.74) is -0.886. The lowest BCUT2D eigenvalue weighted by atomic mass is 10.2. The van der Waals surface area contributed by atoms with Gasteiger partial charge < -0.3 is 9.84 Å². The quantitative estimate of drug-likeness (QED) is 0.808. The minimum absolute atomic E-state index is 0.0889. The molecule has 2 heterocycles. The van der Waals surface area contributed by atoms with Gasteiger partial charge in [-0.15, -0.1) is 0 Å². The molecule has 3 rings (SSSR count). The molecule has 23 heavy (non-hydrogen) atoms. The van der Waals surface area contributed by atoms with Crippen LogP contribution >= 0.6 is 0 Å². The molecule has 1 amide bonds. The van der Waals surface area contributed by atoms with Crippen LogP contribution in [-0.4, -0.2) is 42.6 Å². The third-order valence-corrected chi connectivity index (χ3v) is 4.47. The Balaban J connectivity index is 2.23. The minimum atomic E-state index is -4.26. The summed E-state index contributed by atoms with van der Waals surface area (Å²) >= 11 is 0. The second-order valence-corrected chi connectivity index (χ2v) is 6.21. The third-order valence-electron chi connectivity index (χ3n) is 3.09. The summed E-state index contributed by atoms with van der Waals surface area (Å²) in [5.74, 6) is -2.58. The highest BCUT2D eigenvalue weighted by molar-refractivity contribution is 7.92. The number of anilines is 1. The molecule has 1 aromatic heterocycles. The van der Waals surface area contributed by atoms with Gasteiger partial charge in [0, 0.05) is 11.6 Å². The number of halogens is 1. The van der Waals surface area contributed by atoms with E-state index >= 15 is 0 Å². The van der Waals surface area contributed by atoms with E-state index in [9.17, 15) is 22.7 Å². The Hall–Kier alpha value is -2.69. The van der Waals surface area contributed by atoms with Crippen molar-refractivity contribution in [2.75, 3.05) is 17.5 Å². The van der Waals surface area contributed by atoms with Crippen molar-refractivity contribution in [1.82, 2.24) is 14.7 Å². The summed E-state index contributed by atoms with van der Waals surface area (Å²) in [5, 5.41) is 10.1. The number of fused-ring (bicyclic) bond motifs is 1. The number of phenols is 1. The summed E-state index contributed by atoms with van der Waals surface area (Å²) in [6.45, 7) is 1.32. The van der Waals surface area contributed by atoms with Crippen molar-refractivity contribution in [3.8, 4) is 11.8 Å². The van der Waals surface area contributed by atoms with Crippen LogP contribution < -0.4 is 13.8 Å². The van der Waals surface area contributed by atoms with Gasteiger partial charge in [-0.25, -0.2) is 18.4 Å². The summed E-state index contributed by atoms with van der Waals surface area (Å²) < 4.78 is 45.6. The van der Waals surface area contributed by atoms with Crippen LogP contribution in [0.4, 0.5) is 10.1 Å². The van der Waals surface area contributed by atoms with E-state index in [4.69, 9.17) is 4.74 Å². The predicted molar refractivity (Wildman–Crippen MR) is 76.7 cm³/mol. The molecule has 122 valence electrons. The molecule has 2 aromatic rings. The van der Waals surface area contributed by atoms with E-state index in [2.05, 4.69) is 9.97 Å². The predicted octanol–water partition coefficient (Wildman–Crippen LogP) is 0.0542. The van der Waals surface area contributed by atoms with Crippen molar-refractivity contribution in [2.24, 2.45) is 0 Å². The van der Waals surface area contributed by atoms with Gasteiger partial charge in [0.2, 0.25) is 0 Å². The number of nitrogens with zero attached hydrogens (tertiary/aromatic N) is 3. The largest absolute Gasteiger partial charge is 0.506 e. The van der Waals surface area contributed by atoms with Crippen molar-refractivity contribution in [3.63, 3.8) is 0 Å². The van der Waals surface area contributed by atoms with Gasteiger partial charge in [-0.2, -0.15) is 13.4 Å². The topological polar surface area (TPSA) is 122 Å². The van der Waals surface area contributed by atoms with Crippen LogP contribution in [0.2, 0.25) is 0 Å². The van der Waals surface area contributed by atoms with E-state index in [1.165, 1.54) is 6.20 Å². The summed E-state index contributed by atoms with van der Waals surface area (Å²) in [6, 6.07) is 1.02. The molecule has 9 nitrogen and oxygen atoms in total. The maximum atomic E-state index is 14.7. The van der Waals surface area contributed by atoms with Gasteiger partial charge in [0.1, 0.15) is 23.5 Å². The van der Waals surface area contributed by atoms with Crippen LogP contribution in [0.15, 0.2) is 12.3 Å². The molecule has 1 aliphatic rings. The number of phenolic OH excluding ortho intramolecular Hbond substituents is 1. The summed E-state index contributed by atoms with van der Waals surface area (Å²) in [4.78, 5) is 19.0. The number of carbonyl (C=O) groups is 1. The molecule has 0 spiro atoms. The fourth-order valence-corrected chi connectivity index (χ4v) is 3.34. The average molecular weight is 342 g/mol. The van der Waals surface area contributed by atoms with Crippen LogP contribution in [0.5, 0.6) is 11.8 Å². The second kappa shape index (κ2) is 5.19. The van der Waals surface area contributed by atoms with E-state index in [1.54, 1.807) is 11.6 Å². The van der Waals surface area contributed by atoms with Crippen LogP contribution in [0.1, 0.15) is 6.92 Å². The molecule has 11 heteroatoms. The van der Waals surface area contributed by atoms with Crippen molar-refractivity contribution < 1.29 is 27.4 Å². The molecule has 0 radical (unpaired) electrons. The zero-order valence-electron chi connectivity index (χ0n) is 11.8. The Morgan fingerprint density at radius 3 is 2.87 bits per heavy atom. The van der Waals surface area contributed by atoms with E-state index in [0.29, 0.717) is 4.31 Å². The number of hydrogen-bond donors (Lipinski definition) is 2. The molecule has 1 aromatic carbocycles. The van der Waals surface area contributed by atoms with Gasteiger partial charge in [0.15, 0.2) is 5.82 Å². The van der Waals surface area contributed by atoms with E-state index < -0.39 is 39.9 Å². The number of hydrogen-bond acceptors (Lipinski definition) is 7. The van der Waals surface area contributed by atoms with Crippen molar-refractivity contribution in [2.45, 2.75) is 6.92 Å². The van der Waals surface area contributed by atoms with Gasteiger partial charge in [-0.05, 0) is 13.0 Å². The highest BCUT2D eigenvalue weighted by atomic mass is 32.2. The van der Waals surface area contributed by atoms with Gasteiger partial charge in [-0.1, -0.05) is 0 Å². The highest BCUT2D eigenvalue weighted by Gasteiger charge is 2.38. The molecular weight excluding hydrogens is 331 g/mol. The Morgan fingerprint density at radius 1 is 1.52 bits per heavy atom. The molecule has 0 bridgehead atoms. The fraction of sp³-hybridized carbons (Fsp3) is 0.250. The van der Waals surface area contributed by atoms with Crippen molar-refractivity contribution in [3.05, 3.63) is 18.1 Å². The summed E-state index contributed by atoms with van der Waals surface area (Å²) in [7, 11) is -4.26. The molecule has 2 N–H and O–H groups in total. The van der Waals surface area contributed by atoms with Crippen molar-refractivity contribution in [1.29, 1.82) is 0 Å². The molecular formula is C12H11FN4O5S. The number of benzene rings is 1. The third kappa shape index (κ3) is 2.48. The smallest absolute Gasteiger partial charge is 0.326 e. The number of nitrogens with one attached hydrogen (secondary N) is 1. The minimum Gasteiger partial charge on any atom is -0.506 e. The van der Waals surface area contributed by atoms with Gasteiger partial charge in [0.25, 0.3) is 5.91 Å². The number of amides is 1. The van der Waals surface area contributed by atoms with Crippen molar-refractivity contribution >= 4 is 32.7 Å². The molecule has 1 saturated heterocycles. The van der Waals surface area contributed by atoms with Crippen LogP contribution in [0.3, 0.4) is 0 Å². The number of rotatable bonds is 3. The number of aromatic nitrogens is 2. The monoisotopic (exact) mass is 342 g/mol. The number of aromatic hydroxyl groups is 1.